The van der Waals surface area contributed by atoms with Crippen LogP contribution in [0.1, 0.15) is 24.0 Å². The van der Waals surface area contributed by atoms with Crippen molar-refractivity contribution in [2.45, 2.75) is 38.1 Å². The predicted molar refractivity (Wildman–Crippen MR) is 81.8 cm³/mol. The van der Waals surface area contributed by atoms with E-state index < -0.39 is 30.7 Å². The van der Waals surface area contributed by atoms with E-state index in [0.717, 1.165) is 11.1 Å². The van der Waals surface area contributed by atoms with Crippen LogP contribution in [-0.2, 0) is 6.54 Å². The lowest BCUT2D eigenvalue weighted by molar-refractivity contribution is -0.271. The molecule has 8 heteroatoms. The zero-order valence-corrected chi connectivity index (χ0v) is 13.6. The number of carbonyl (C=O) groups excluding carboxylic acids is 1. The average Bonchev–Trinajstić information content (AvgIpc) is 2.53. The molecule has 1 aliphatic heterocycles. The van der Waals surface area contributed by atoms with Gasteiger partial charge in [-0.3, -0.25) is 0 Å². The topological polar surface area (TPSA) is 61.8 Å². The van der Waals surface area contributed by atoms with Gasteiger partial charge in [0.15, 0.2) is 5.60 Å². The average molecular weight is 346 g/mol. The minimum atomic E-state index is -4.68. The van der Waals surface area contributed by atoms with Gasteiger partial charge in [0.05, 0.1) is 7.11 Å². The molecule has 0 spiro atoms. The molecule has 1 aromatic carbocycles. The Kier molecular flexibility index (Phi) is 5.27. The first-order valence-corrected chi connectivity index (χ1v) is 7.62. The number of piperidine rings is 1. The molecule has 0 radical (unpaired) electrons. The number of methoxy groups -OCH3 is 1. The van der Waals surface area contributed by atoms with Crippen LogP contribution in [0.25, 0.3) is 0 Å². The Labute approximate surface area is 138 Å². The molecule has 0 bridgehead atoms. The van der Waals surface area contributed by atoms with Crippen molar-refractivity contribution >= 4 is 6.03 Å². The van der Waals surface area contributed by atoms with Crippen molar-refractivity contribution in [3.63, 3.8) is 0 Å². The van der Waals surface area contributed by atoms with Crippen molar-refractivity contribution in [3.8, 4) is 5.75 Å². The number of aryl methyl sites for hydroxylation is 1. The number of amides is 2. The Balaban J connectivity index is 1.91. The van der Waals surface area contributed by atoms with Gasteiger partial charge in [0.1, 0.15) is 5.75 Å². The number of rotatable bonds is 3. The molecule has 24 heavy (non-hydrogen) atoms. The number of hydrogen-bond acceptors (Lipinski definition) is 3. The van der Waals surface area contributed by atoms with Gasteiger partial charge in [-0.1, -0.05) is 12.1 Å². The molecule has 1 saturated heterocycles. The summed E-state index contributed by atoms with van der Waals surface area (Å²) in [7, 11) is 1.53. The first kappa shape index (κ1) is 18.4. The number of alkyl halides is 3. The highest BCUT2D eigenvalue weighted by Crippen LogP contribution is 2.38. The molecule has 2 rings (SSSR count). The van der Waals surface area contributed by atoms with E-state index in [4.69, 9.17) is 4.74 Å². The smallest absolute Gasteiger partial charge is 0.417 e. The second kappa shape index (κ2) is 6.88. The molecule has 0 atom stereocenters. The fraction of sp³-hybridized carbons (Fsp3) is 0.562. The lowest BCUT2D eigenvalue weighted by Gasteiger charge is -2.39. The van der Waals surface area contributed by atoms with Crippen LogP contribution in [0.15, 0.2) is 18.2 Å². The molecule has 0 saturated carbocycles. The standard InChI is InChI=1S/C16H21F3N2O3/c1-11-3-4-12(13(9-11)24-2)10-20-14(22)21-7-5-15(23,6-8-21)16(17,18)19/h3-4,9,23H,5-8,10H2,1-2H3,(H,20,22). The van der Waals surface area contributed by atoms with E-state index in [2.05, 4.69) is 5.32 Å². The molecule has 1 fully saturated rings. The highest BCUT2D eigenvalue weighted by Gasteiger charge is 2.54. The monoisotopic (exact) mass is 346 g/mol. The third-order valence-electron chi connectivity index (χ3n) is 4.28. The molecular formula is C16H21F3N2O3. The van der Waals surface area contributed by atoms with E-state index in [-0.39, 0.29) is 19.6 Å². The van der Waals surface area contributed by atoms with Gasteiger partial charge in [-0.25, -0.2) is 4.79 Å². The molecule has 5 nitrogen and oxygen atoms in total. The minimum Gasteiger partial charge on any atom is -0.496 e. The van der Waals surface area contributed by atoms with Gasteiger partial charge in [0.2, 0.25) is 0 Å². The van der Waals surface area contributed by atoms with E-state index in [1.165, 1.54) is 12.0 Å². The van der Waals surface area contributed by atoms with Crippen LogP contribution in [-0.4, -0.2) is 48.0 Å². The van der Waals surface area contributed by atoms with Gasteiger partial charge in [-0.15, -0.1) is 0 Å². The van der Waals surface area contributed by atoms with Crippen molar-refractivity contribution in [2.75, 3.05) is 20.2 Å². The summed E-state index contributed by atoms with van der Waals surface area (Å²) < 4.78 is 43.5. The van der Waals surface area contributed by atoms with E-state index in [1.54, 1.807) is 0 Å². The van der Waals surface area contributed by atoms with Crippen LogP contribution < -0.4 is 10.1 Å². The van der Waals surface area contributed by atoms with Gasteiger partial charge in [-0.2, -0.15) is 13.2 Å². The molecule has 2 amide bonds. The third-order valence-corrected chi connectivity index (χ3v) is 4.28. The Morgan fingerprint density at radius 3 is 2.54 bits per heavy atom. The van der Waals surface area contributed by atoms with Crippen LogP contribution in [0.2, 0.25) is 0 Å². The molecule has 134 valence electrons. The number of nitrogens with one attached hydrogen (secondary N) is 1. The van der Waals surface area contributed by atoms with Crippen LogP contribution in [0.3, 0.4) is 0 Å². The fourth-order valence-corrected chi connectivity index (χ4v) is 2.64. The van der Waals surface area contributed by atoms with Gasteiger partial charge >= 0.3 is 12.2 Å². The van der Waals surface area contributed by atoms with Crippen LogP contribution in [0.5, 0.6) is 5.75 Å². The number of carbonyl (C=O) groups is 1. The number of halogens is 3. The van der Waals surface area contributed by atoms with Crippen LogP contribution in [0.4, 0.5) is 18.0 Å². The third kappa shape index (κ3) is 3.92. The maximum absolute atomic E-state index is 12.8. The SMILES string of the molecule is COc1cc(C)ccc1CNC(=O)N1CCC(O)(C(F)(F)F)CC1. The van der Waals surface area contributed by atoms with Crippen molar-refractivity contribution in [1.29, 1.82) is 0 Å². The van der Waals surface area contributed by atoms with Crippen LogP contribution >= 0.6 is 0 Å². The lowest BCUT2D eigenvalue weighted by Crippen LogP contribution is -2.55. The zero-order valence-electron chi connectivity index (χ0n) is 13.6. The quantitative estimate of drug-likeness (QED) is 0.884. The Morgan fingerprint density at radius 2 is 2.00 bits per heavy atom. The first-order valence-electron chi connectivity index (χ1n) is 7.62. The van der Waals surface area contributed by atoms with E-state index in [1.807, 2.05) is 25.1 Å². The summed E-state index contributed by atoms with van der Waals surface area (Å²) in [6, 6.07) is 5.09. The van der Waals surface area contributed by atoms with Crippen molar-refractivity contribution in [2.24, 2.45) is 0 Å². The largest absolute Gasteiger partial charge is 0.496 e. The van der Waals surface area contributed by atoms with E-state index in [9.17, 15) is 23.1 Å². The summed E-state index contributed by atoms with van der Waals surface area (Å²) in [5.41, 5.74) is -0.908. The summed E-state index contributed by atoms with van der Waals surface area (Å²) in [6.07, 6.45) is -5.71. The highest BCUT2D eigenvalue weighted by atomic mass is 19.4. The number of hydrogen-bond donors (Lipinski definition) is 2. The van der Waals surface area contributed by atoms with Gasteiger partial charge < -0.3 is 20.1 Å². The van der Waals surface area contributed by atoms with Crippen molar-refractivity contribution < 1.29 is 27.8 Å². The zero-order chi connectivity index (χ0) is 18.0. The molecule has 0 unspecified atom stereocenters. The van der Waals surface area contributed by atoms with Gasteiger partial charge in [0.25, 0.3) is 0 Å². The molecular weight excluding hydrogens is 325 g/mol. The number of urea groups is 1. The summed E-state index contributed by atoms with van der Waals surface area (Å²) in [5.74, 6) is 0.639. The summed E-state index contributed by atoms with van der Waals surface area (Å²) in [6.45, 7) is 1.84. The van der Waals surface area contributed by atoms with Gasteiger partial charge in [0, 0.05) is 38.0 Å². The number of aliphatic hydroxyl groups is 1. The van der Waals surface area contributed by atoms with Gasteiger partial charge in [-0.05, 0) is 18.6 Å². The molecule has 0 aliphatic carbocycles. The number of nitrogens with zero attached hydrogens (tertiary/aromatic N) is 1. The molecule has 0 aromatic heterocycles. The maximum atomic E-state index is 12.8. The maximum Gasteiger partial charge on any atom is 0.417 e. The molecule has 1 aromatic rings. The molecule has 1 heterocycles. The highest BCUT2D eigenvalue weighted by molar-refractivity contribution is 5.74. The lowest BCUT2D eigenvalue weighted by atomic mass is 9.91. The first-order chi connectivity index (χ1) is 11.2. The van der Waals surface area contributed by atoms with Crippen molar-refractivity contribution in [1.82, 2.24) is 10.2 Å². The van der Waals surface area contributed by atoms with Crippen LogP contribution in [0, 0.1) is 6.92 Å². The second-order valence-corrected chi connectivity index (χ2v) is 5.99. The number of ether oxygens (including phenoxy) is 1. The fourth-order valence-electron chi connectivity index (χ4n) is 2.64. The molecule has 1 aliphatic rings. The summed E-state index contributed by atoms with van der Waals surface area (Å²) in [5, 5.41) is 12.3. The normalized spacial score (nSPS) is 17.5. The number of likely N-dealkylation sites (tertiary alicyclic amines) is 1. The Hall–Kier alpha value is -1.96. The van der Waals surface area contributed by atoms with E-state index in [0.29, 0.717) is 5.75 Å². The number of benzene rings is 1. The predicted octanol–water partition coefficient (Wildman–Crippen LogP) is 2.60. The second-order valence-electron chi connectivity index (χ2n) is 5.99. The summed E-state index contributed by atoms with van der Waals surface area (Å²) >= 11 is 0. The summed E-state index contributed by atoms with van der Waals surface area (Å²) in [4.78, 5) is 13.4. The Bertz CT molecular complexity index is 597. The Morgan fingerprint density at radius 1 is 1.38 bits per heavy atom. The van der Waals surface area contributed by atoms with E-state index >= 15 is 0 Å². The minimum absolute atomic E-state index is 0.146. The van der Waals surface area contributed by atoms with Crippen molar-refractivity contribution in [3.05, 3.63) is 29.3 Å². The molecule has 2 N–H and O–H groups in total.